The molecule has 0 saturated carbocycles. The third-order valence-corrected chi connectivity index (χ3v) is 2.62. The first-order valence-electron chi connectivity index (χ1n) is 5.49. The van der Waals surface area contributed by atoms with Gasteiger partial charge in [0.2, 0.25) is 0 Å². The van der Waals surface area contributed by atoms with Crippen molar-refractivity contribution in [1.29, 1.82) is 0 Å². The Hall–Kier alpha value is -0.520. The lowest BCUT2D eigenvalue weighted by atomic mass is 9.95. The summed E-state index contributed by atoms with van der Waals surface area (Å²) in [7, 11) is 0. The molecule has 13 heavy (non-hydrogen) atoms. The zero-order valence-electron chi connectivity index (χ0n) is 9.47. The molecule has 1 unspecified atom stereocenters. The van der Waals surface area contributed by atoms with Crippen LogP contribution in [0.2, 0.25) is 0 Å². The van der Waals surface area contributed by atoms with E-state index in [1.165, 1.54) is 31.3 Å². The van der Waals surface area contributed by atoms with Gasteiger partial charge in [-0.15, -0.1) is 6.58 Å². The van der Waals surface area contributed by atoms with Gasteiger partial charge in [-0.3, -0.25) is 0 Å². The highest BCUT2D eigenvalue weighted by atomic mass is 14.1. The van der Waals surface area contributed by atoms with Crippen LogP contribution in [-0.4, -0.2) is 0 Å². The Morgan fingerprint density at radius 2 is 2.08 bits per heavy atom. The Morgan fingerprint density at radius 1 is 1.38 bits per heavy atom. The molecule has 0 N–H and O–H groups in total. The first-order valence-corrected chi connectivity index (χ1v) is 5.49. The van der Waals surface area contributed by atoms with Gasteiger partial charge in [0.15, 0.2) is 0 Å². The van der Waals surface area contributed by atoms with Gasteiger partial charge >= 0.3 is 0 Å². The third kappa shape index (κ3) is 6.62. The summed E-state index contributed by atoms with van der Waals surface area (Å²) in [5, 5.41) is 0. The van der Waals surface area contributed by atoms with E-state index >= 15 is 0 Å². The van der Waals surface area contributed by atoms with E-state index in [1.54, 1.807) is 0 Å². The second-order valence-corrected chi connectivity index (χ2v) is 3.87. The molecule has 0 heterocycles. The summed E-state index contributed by atoms with van der Waals surface area (Å²) in [6.45, 7) is 10.5. The summed E-state index contributed by atoms with van der Waals surface area (Å²) < 4.78 is 0. The molecule has 0 nitrogen and oxygen atoms in total. The minimum Gasteiger partial charge on any atom is -0.103 e. The number of hydrogen-bond donors (Lipinski definition) is 0. The zero-order chi connectivity index (χ0) is 10.1. The van der Waals surface area contributed by atoms with Gasteiger partial charge < -0.3 is 0 Å². The lowest BCUT2D eigenvalue weighted by Crippen LogP contribution is -1.96. The van der Waals surface area contributed by atoms with Crippen molar-refractivity contribution in [1.82, 2.24) is 0 Å². The predicted octanol–water partition coefficient (Wildman–Crippen LogP) is 4.73. The minimum absolute atomic E-state index is 0.756. The average molecular weight is 180 g/mol. The molecule has 0 aromatic carbocycles. The Bertz CT molecular complexity index is 153. The van der Waals surface area contributed by atoms with Crippen LogP contribution in [0.15, 0.2) is 24.3 Å². The second-order valence-electron chi connectivity index (χ2n) is 3.87. The van der Waals surface area contributed by atoms with Gasteiger partial charge in [0, 0.05) is 0 Å². The SMILES string of the molecule is C=CCC=C(C)C(C)CCCCC. The monoisotopic (exact) mass is 180 g/mol. The molecule has 76 valence electrons. The van der Waals surface area contributed by atoms with Crippen LogP contribution in [0.5, 0.6) is 0 Å². The predicted molar refractivity (Wildman–Crippen MR) is 61.9 cm³/mol. The van der Waals surface area contributed by atoms with Crippen LogP contribution in [0.3, 0.4) is 0 Å². The number of rotatable bonds is 7. The first kappa shape index (κ1) is 12.5. The van der Waals surface area contributed by atoms with E-state index in [9.17, 15) is 0 Å². The van der Waals surface area contributed by atoms with Crippen LogP contribution in [0.4, 0.5) is 0 Å². The van der Waals surface area contributed by atoms with E-state index in [-0.39, 0.29) is 0 Å². The lowest BCUT2D eigenvalue weighted by Gasteiger charge is -2.11. The minimum atomic E-state index is 0.756. The number of allylic oxidation sites excluding steroid dienone is 3. The molecule has 0 heteroatoms. The quantitative estimate of drug-likeness (QED) is 0.392. The number of unbranched alkanes of at least 4 members (excludes halogenated alkanes) is 2. The molecule has 1 atom stereocenters. The number of hydrogen-bond acceptors (Lipinski definition) is 0. The van der Waals surface area contributed by atoms with Crippen LogP contribution in [0, 0.1) is 5.92 Å². The Labute approximate surface area is 83.7 Å². The van der Waals surface area contributed by atoms with Gasteiger partial charge in [-0.1, -0.05) is 50.8 Å². The second kappa shape index (κ2) is 8.10. The van der Waals surface area contributed by atoms with Gasteiger partial charge in [-0.2, -0.15) is 0 Å². The zero-order valence-corrected chi connectivity index (χ0v) is 9.47. The molecule has 0 aliphatic rings. The van der Waals surface area contributed by atoms with Crippen molar-refractivity contribution in [3.8, 4) is 0 Å². The highest BCUT2D eigenvalue weighted by Gasteiger charge is 2.02. The highest BCUT2D eigenvalue weighted by molar-refractivity contribution is 5.04. The molecule has 0 aliphatic carbocycles. The molecule has 0 aliphatic heterocycles. The van der Waals surface area contributed by atoms with E-state index in [0.717, 1.165) is 12.3 Å². The fourth-order valence-electron chi connectivity index (χ4n) is 1.40. The maximum Gasteiger partial charge on any atom is -0.0169 e. The van der Waals surface area contributed by atoms with Crippen molar-refractivity contribution in [2.45, 2.75) is 52.9 Å². The fourth-order valence-corrected chi connectivity index (χ4v) is 1.40. The van der Waals surface area contributed by atoms with Crippen molar-refractivity contribution in [2.24, 2.45) is 5.92 Å². The van der Waals surface area contributed by atoms with E-state index < -0.39 is 0 Å². The summed E-state index contributed by atoms with van der Waals surface area (Å²) in [5.41, 5.74) is 1.52. The summed E-state index contributed by atoms with van der Waals surface area (Å²) in [6.07, 6.45) is 10.7. The van der Waals surface area contributed by atoms with Crippen LogP contribution >= 0.6 is 0 Å². The molecule has 0 spiro atoms. The highest BCUT2D eigenvalue weighted by Crippen LogP contribution is 2.17. The summed E-state index contributed by atoms with van der Waals surface area (Å²) in [4.78, 5) is 0. The fraction of sp³-hybridized carbons (Fsp3) is 0.692. The van der Waals surface area contributed by atoms with Crippen LogP contribution in [0.1, 0.15) is 52.9 Å². The Balaban J connectivity index is 3.67. The van der Waals surface area contributed by atoms with Gasteiger partial charge in [0.05, 0.1) is 0 Å². The van der Waals surface area contributed by atoms with Crippen molar-refractivity contribution in [3.63, 3.8) is 0 Å². The van der Waals surface area contributed by atoms with E-state index in [4.69, 9.17) is 0 Å². The van der Waals surface area contributed by atoms with E-state index in [2.05, 4.69) is 33.4 Å². The van der Waals surface area contributed by atoms with Gasteiger partial charge in [-0.05, 0) is 25.7 Å². The summed E-state index contributed by atoms with van der Waals surface area (Å²) >= 11 is 0. The van der Waals surface area contributed by atoms with Crippen molar-refractivity contribution in [3.05, 3.63) is 24.3 Å². The van der Waals surface area contributed by atoms with Crippen LogP contribution in [-0.2, 0) is 0 Å². The van der Waals surface area contributed by atoms with Crippen molar-refractivity contribution in [2.75, 3.05) is 0 Å². The maximum absolute atomic E-state index is 3.72. The molecule has 0 saturated heterocycles. The summed E-state index contributed by atoms with van der Waals surface area (Å²) in [6, 6.07) is 0. The normalized spacial score (nSPS) is 14.2. The molecule has 0 aromatic heterocycles. The van der Waals surface area contributed by atoms with E-state index in [0.29, 0.717) is 0 Å². The molecular weight excluding hydrogens is 156 g/mol. The standard InChI is InChI=1S/C13H24/c1-5-7-9-11-13(4)12(3)10-8-6-2/h6,10,13H,2,5,7-9,11H2,1,3-4H3. The Morgan fingerprint density at radius 3 is 2.62 bits per heavy atom. The van der Waals surface area contributed by atoms with Gasteiger partial charge in [0.25, 0.3) is 0 Å². The topological polar surface area (TPSA) is 0 Å². The molecule has 0 radical (unpaired) electrons. The Kier molecular flexibility index (Phi) is 7.77. The smallest absolute Gasteiger partial charge is 0.0169 e. The van der Waals surface area contributed by atoms with Crippen LogP contribution < -0.4 is 0 Å². The maximum atomic E-state index is 3.72. The van der Waals surface area contributed by atoms with Gasteiger partial charge in [0.1, 0.15) is 0 Å². The van der Waals surface area contributed by atoms with Crippen molar-refractivity contribution < 1.29 is 0 Å². The van der Waals surface area contributed by atoms with Gasteiger partial charge in [-0.25, -0.2) is 0 Å². The summed E-state index contributed by atoms with van der Waals surface area (Å²) in [5.74, 6) is 0.756. The molecule has 0 amide bonds. The van der Waals surface area contributed by atoms with Crippen LogP contribution in [0.25, 0.3) is 0 Å². The van der Waals surface area contributed by atoms with E-state index in [1.807, 2.05) is 6.08 Å². The lowest BCUT2D eigenvalue weighted by molar-refractivity contribution is 0.553. The molecule has 0 bridgehead atoms. The first-order chi connectivity index (χ1) is 6.22. The molecule has 0 fully saturated rings. The molecule has 0 rings (SSSR count). The largest absolute Gasteiger partial charge is 0.103 e. The average Bonchev–Trinajstić information content (AvgIpc) is 2.14. The third-order valence-electron chi connectivity index (χ3n) is 2.62. The molecule has 0 aromatic rings. The van der Waals surface area contributed by atoms with Crippen molar-refractivity contribution >= 4 is 0 Å². The molecular formula is C13H24.